The first-order chi connectivity index (χ1) is 8.15. The van der Waals surface area contributed by atoms with E-state index in [0.717, 1.165) is 15.4 Å². The fraction of sp³-hybridized carbons (Fsp3) is 0.111. The van der Waals surface area contributed by atoms with Crippen LogP contribution in [0.2, 0.25) is 0 Å². The van der Waals surface area contributed by atoms with Crippen LogP contribution in [0.5, 0.6) is 0 Å². The molecule has 0 saturated carbocycles. The van der Waals surface area contributed by atoms with Crippen molar-refractivity contribution in [3.8, 4) is 0 Å². The number of nitrogens with zero attached hydrogens (tertiary/aromatic N) is 2. The van der Waals surface area contributed by atoms with Gasteiger partial charge in [-0.1, -0.05) is 0 Å². The molecule has 2 amide bonds. The average molecular weight is 427 g/mol. The summed E-state index contributed by atoms with van der Waals surface area (Å²) in [6.07, 6.45) is 3.70. The van der Waals surface area contributed by atoms with Crippen molar-refractivity contribution in [2.45, 2.75) is 0 Å². The number of amides is 2. The minimum absolute atomic E-state index is 0.282. The van der Waals surface area contributed by atoms with Gasteiger partial charge in [0.25, 0.3) is 0 Å². The van der Waals surface area contributed by atoms with E-state index in [1.807, 2.05) is 16.2 Å². The molecule has 90 valence electrons. The van der Waals surface area contributed by atoms with Crippen molar-refractivity contribution in [3.05, 3.63) is 22.9 Å². The highest BCUT2D eigenvalue weighted by molar-refractivity contribution is 14.2. The van der Waals surface area contributed by atoms with E-state index < -0.39 is 0 Å². The topological polar surface area (TPSA) is 59.0 Å². The smallest absolute Gasteiger partial charge is 0.320 e. The summed E-state index contributed by atoms with van der Waals surface area (Å²) >= 11 is 5.68. The fourth-order valence-corrected chi connectivity index (χ4v) is 3.36. The second kappa shape index (κ2) is 5.44. The molecule has 2 rings (SSSR count). The van der Waals surface area contributed by atoms with Crippen molar-refractivity contribution in [2.75, 3.05) is 12.4 Å². The normalized spacial score (nSPS) is 10.5. The molecule has 0 saturated heterocycles. The minimum atomic E-state index is -0.282. The van der Waals surface area contributed by atoms with E-state index in [4.69, 9.17) is 0 Å². The van der Waals surface area contributed by atoms with Crippen LogP contribution in [-0.4, -0.2) is 22.0 Å². The minimum Gasteiger partial charge on any atom is -0.341 e. The lowest BCUT2D eigenvalue weighted by atomic mass is 10.3. The Kier molecular flexibility index (Phi) is 4.15. The van der Waals surface area contributed by atoms with Crippen LogP contribution in [0.4, 0.5) is 10.6 Å². The highest BCUT2D eigenvalue weighted by atomic mass is 127. The summed E-state index contributed by atoms with van der Waals surface area (Å²) < 4.78 is 2.97. The SMILES string of the molecule is CNC(=O)Nc1cc2c(Br)cn(SI)c2cn1. The first kappa shape index (κ1) is 13.0. The Morgan fingerprint density at radius 1 is 1.65 bits per heavy atom. The predicted octanol–water partition coefficient (Wildman–Crippen LogP) is 3.40. The van der Waals surface area contributed by atoms with Crippen molar-refractivity contribution in [2.24, 2.45) is 0 Å². The van der Waals surface area contributed by atoms with Gasteiger partial charge >= 0.3 is 6.03 Å². The molecule has 2 N–H and O–H groups in total. The lowest BCUT2D eigenvalue weighted by molar-refractivity contribution is 0.254. The summed E-state index contributed by atoms with van der Waals surface area (Å²) in [6, 6.07) is 1.55. The molecule has 0 atom stereocenters. The Morgan fingerprint density at radius 2 is 2.41 bits per heavy atom. The van der Waals surface area contributed by atoms with Crippen LogP contribution in [0.25, 0.3) is 10.9 Å². The number of urea groups is 1. The zero-order valence-electron chi connectivity index (χ0n) is 8.70. The maximum absolute atomic E-state index is 11.2. The van der Waals surface area contributed by atoms with Gasteiger partial charge in [0.1, 0.15) is 5.82 Å². The van der Waals surface area contributed by atoms with Gasteiger partial charge in [0, 0.05) is 53.4 Å². The van der Waals surface area contributed by atoms with Gasteiger partial charge in [-0.2, -0.15) is 0 Å². The second-order valence-electron chi connectivity index (χ2n) is 3.16. The van der Waals surface area contributed by atoms with Crippen LogP contribution in [0, 0.1) is 0 Å². The van der Waals surface area contributed by atoms with E-state index in [-0.39, 0.29) is 6.03 Å². The number of pyridine rings is 1. The van der Waals surface area contributed by atoms with Gasteiger partial charge in [0.2, 0.25) is 0 Å². The summed E-state index contributed by atoms with van der Waals surface area (Å²) in [7, 11) is 3.12. The third-order valence-electron chi connectivity index (χ3n) is 2.15. The molecule has 5 nitrogen and oxygen atoms in total. The van der Waals surface area contributed by atoms with Crippen molar-refractivity contribution in [1.82, 2.24) is 14.3 Å². The Balaban J connectivity index is 2.43. The molecule has 0 bridgehead atoms. The molecule has 2 heterocycles. The van der Waals surface area contributed by atoms with Crippen LogP contribution in [0.3, 0.4) is 0 Å². The van der Waals surface area contributed by atoms with Crippen molar-refractivity contribution >= 4 is 69.0 Å². The van der Waals surface area contributed by atoms with Gasteiger partial charge in [0.05, 0.1) is 11.7 Å². The van der Waals surface area contributed by atoms with Crippen LogP contribution in [0.1, 0.15) is 0 Å². The summed E-state index contributed by atoms with van der Waals surface area (Å²) in [5.41, 5.74) is 0.999. The van der Waals surface area contributed by atoms with E-state index >= 15 is 0 Å². The number of nitrogens with one attached hydrogen (secondary N) is 2. The van der Waals surface area contributed by atoms with Crippen LogP contribution in [-0.2, 0) is 0 Å². The first-order valence-electron chi connectivity index (χ1n) is 4.60. The molecule has 0 unspecified atom stereocenters. The molecule has 0 aliphatic carbocycles. The van der Waals surface area contributed by atoms with E-state index in [1.165, 1.54) is 0 Å². The molecular weight excluding hydrogens is 419 g/mol. The van der Waals surface area contributed by atoms with Gasteiger partial charge in [0.15, 0.2) is 0 Å². The largest absolute Gasteiger partial charge is 0.341 e. The maximum atomic E-state index is 11.2. The highest BCUT2D eigenvalue weighted by Gasteiger charge is 2.09. The van der Waals surface area contributed by atoms with Crippen molar-refractivity contribution in [1.29, 1.82) is 0 Å². The number of anilines is 1. The number of carbonyl (C=O) groups excluding carboxylic acids is 1. The lowest BCUT2D eigenvalue weighted by Crippen LogP contribution is -2.24. The Bertz CT molecular complexity index is 573. The zero-order chi connectivity index (χ0) is 12.4. The van der Waals surface area contributed by atoms with E-state index in [0.29, 0.717) is 5.82 Å². The number of hydrogen-bond donors (Lipinski definition) is 2. The Morgan fingerprint density at radius 3 is 3.06 bits per heavy atom. The summed E-state index contributed by atoms with van der Waals surface area (Å²) in [5, 5.41) is 6.13. The van der Waals surface area contributed by atoms with Crippen LogP contribution < -0.4 is 10.6 Å². The highest BCUT2D eigenvalue weighted by Crippen LogP contribution is 2.32. The molecule has 0 fully saturated rings. The van der Waals surface area contributed by atoms with Gasteiger partial charge in [-0.15, -0.1) is 0 Å². The third-order valence-corrected chi connectivity index (χ3v) is 4.51. The standard InChI is InChI=1S/C9H8BrIN4OS/c1-12-9(16)14-8-2-5-6(10)4-15(17-11)7(5)3-13-8/h2-4H,1H3,(H2,12,13,14,16). The van der Waals surface area contributed by atoms with Crippen LogP contribution in [0.15, 0.2) is 22.9 Å². The first-order valence-corrected chi connectivity index (χ1v) is 8.71. The molecule has 0 aliphatic heterocycles. The molecular formula is C9H8BrIN4OS. The van der Waals surface area contributed by atoms with E-state index in [9.17, 15) is 4.79 Å². The van der Waals surface area contributed by atoms with Gasteiger partial charge in [-0.3, -0.25) is 9.29 Å². The van der Waals surface area contributed by atoms with Gasteiger partial charge in [-0.05, 0) is 22.0 Å². The Labute approximate surface area is 123 Å². The molecule has 8 heteroatoms. The summed E-state index contributed by atoms with van der Waals surface area (Å²) in [4.78, 5) is 15.4. The molecule has 0 spiro atoms. The van der Waals surface area contributed by atoms with Gasteiger partial charge < -0.3 is 5.32 Å². The zero-order valence-corrected chi connectivity index (χ0v) is 13.3. The third kappa shape index (κ3) is 2.68. The molecule has 0 radical (unpaired) electrons. The van der Waals surface area contributed by atoms with Gasteiger partial charge in [-0.25, -0.2) is 9.78 Å². The van der Waals surface area contributed by atoms with E-state index in [2.05, 4.69) is 52.8 Å². The number of halogens is 2. The van der Waals surface area contributed by atoms with Crippen molar-refractivity contribution in [3.63, 3.8) is 0 Å². The monoisotopic (exact) mass is 426 g/mol. The quantitative estimate of drug-likeness (QED) is 0.723. The van der Waals surface area contributed by atoms with Crippen LogP contribution >= 0.6 is 46.3 Å². The predicted molar refractivity (Wildman–Crippen MR) is 82.5 cm³/mol. The second-order valence-corrected chi connectivity index (χ2v) is 5.73. The molecule has 17 heavy (non-hydrogen) atoms. The number of rotatable bonds is 2. The molecule has 0 aliphatic rings. The summed E-state index contributed by atoms with van der Waals surface area (Å²) in [5.74, 6) is 0.522. The molecule has 2 aromatic heterocycles. The molecule has 0 aromatic carbocycles. The number of carbonyl (C=O) groups is 1. The average Bonchev–Trinajstić information content (AvgIpc) is 2.66. The number of fused-ring (bicyclic) bond motifs is 1. The summed E-state index contributed by atoms with van der Waals surface area (Å²) in [6.45, 7) is 0. The maximum Gasteiger partial charge on any atom is 0.320 e. The Hall–Kier alpha value is -0.480. The fourth-order valence-electron chi connectivity index (χ4n) is 1.36. The lowest BCUT2D eigenvalue weighted by Gasteiger charge is -2.03. The number of aromatic nitrogens is 2. The van der Waals surface area contributed by atoms with Crippen molar-refractivity contribution < 1.29 is 4.79 Å². The van der Waals surface area contributed by atoms with E-state index in [1.54, 1.807) is 22.4 Å². The number of hydrogen-bond acceptors (Lipinski definition) is 3. The molecule has 2 aromatic rings.